The maximum absolute atomic E-state index is 11.8. The number of carbonyl (C=O) groups excluding carboxylic acids is 1. The molecule has 8 heteroatoms. The molecule has 2 N–H and O–H groups in total. The summed E-state index contributed by atoms with van der Waals surface area (Å²) in [6, 6.07) is 9.52. The van der Waals surface area contributed by atoms with Gasteiger partial charge in [0.25, 0.3) is 0 Å². The van der Waals surface area contributed by atoms with E-state index in [0.717, 1.165) is 12.0 Å². The number of amides is 1. The average molecular weight is 316 g/mol. The van der Waals surface area contributed by atoms with Crippen molar-refractivity contribution in [2.75, 3.05) is 5.32 Å². The van der Waals surface area contributed by atoms with Crippen LogP contribution >= 0.6 is 12.2 Å². The van der Waals surface area contributed by atoms with E-state index in [1.165, 1.54) is 6.08 Å². The molecule has 0 aliphatic carbocycles. The van der Waals surface area contributed by atoms with Gasteiger partial charge in [0.2, 0.25) is 11.9 Å². The lowest BCUT2D eigenvalue weighted by Gasteiger charge is -2.07. The summed E-state index contributed by atoms with van der Waals surface area (Å²) in [5.74, 6) is 0.0788. The Morgan fingerprint density at radius 1 is 1.36 bits per heavy atom. The van der Waals surface area contributed by atoms with Crippen LogP contribution in [0.3, 0.4) is 0 Å². The van der Waals surface area contributed by atoms with E-state index in [2.05, 4.69) is 26.2 Å². The van der Waals surface area contributed by atoms with E-state index in [1.54, 1.807) is 10.8 Å². The van der Waals surface area contributed by atoms with Crippen molar-refractivity contribution in [1.29, 1.82) is 0 Å². The van der Waals surface area contributed by atoms with Gasteiger partial charge in [-0.25, -0.2) is 4.68 Å². The Balaban J connectivity index is 1.87. The molecule has 22 heavy (non-hydrogen) atoms. The number of aromatic nitrogens is 4. The zero-order valence-corrected chi connectivity index (χ0v) is 12.9. The van der Waals surface area contributed by atoms with E-state index in [1.807, 2.05) is 37.3 Å². The lowest BCUT2D eigenvalue weighted by Crippen LogP contribution is -2.33. The van der Waals surface area contributed by atoms with Gasteiger partial charge in [0.15, 0.2) is 5.11 Å². The minimum absolute atomic E-state index is 0.148. The first-order valence-electron chi connectivity index (χ1n) is 6.80. The Hall–Kier alpha value is -2.61. The van der Waals surface area contributed by atoms with Gasteiger partial charge in [-0.05, 0) is 40.7 Å². The van der Waals surface area contributed by atoms with Crippen molar-refractivity contribution in [2.24, 2.45) is 0 Å². The molecule has 2 aromatic rings. The van der Waals surface area contributed by atoms with Crippen LogP contribution in [0.1, 0.15) is 18.9 Å². The monoisotopic (exact) mass is 316 g/mol. The summed E-state index contributed by atoms with van der Waals surface area (Å²) in [5, 5.41) is 16.7. The first-order valence-corrected chi connectivity index (χ1v) is 7.21. The number of hydrogen-bond acceptors (Lipinski definition) is 5. The zero-order chi connectivity index (χ0) is 15.8. The van der Waals surface area contributed by atoms with E-state index in [9.17, 15) is 4.79 Å². The van der Waals surface area contributed by atoms with Gasteiger partial charge in [0, 0.05) is 12.6 Å². The van der Waals surface area contributed by atoms with Gasteiger partial charge in [-0.1, -0.05) is 42.4 Å². The third-order valence-electron chi connectivity index (χ3n) is 2.66. The Morgan fingerprint density at radius 3 is 2.86 bits per heavy atom. The van der Waals surface area contributed by atoms with Gasteiger partial charge in [0.05, 0.1) is 0 Å². The molecule has 1 heterocycles. The molecule has 0 radical (unpaired) electrons. The summed E-state index contributed by atoms with van der Waals surface area (Å²) in [4.78, 5) is 11.8. The number of nitrogens with one attached hydrogen (secondary N) is 2. The number of aryl methyl sites for hydroxylation is 1. The molecule has 1 amide bonds. The normalized spacial score (nSPS) is 10.6. The summed E-state index contributed by atoms with van der Waals surface area (Å²) in [5.41, 5.74) is 0.934. The Kier molecular flexibility index (Phi) is 5.73. The fraction of sp³-hybridized carbons (Fsp3) is 0.214. The van der Waals surface area contributed by atoms with Gasteiger partial charge >= 0.3 is 0 Å². The van der Waals surface area contributed by atoms with Crippen molar-refractivity contribution < 1.29 is 4.79 Å². The van der Waals surface area contributed by atoms with Gasteiger partial charge in [-0.3, -0.25) is 15.4 Å². The van der Waals surface area contributed by atoms with E-state index in [4.69, 9.17) is 12.2 Å². The Bertz CT molecular complexity index is 667. The molecule has 0 saturated carbocycles. The third-order valence-corrected chi connectivity index (χ3v) is 2.86. The topological polar surface area (TPSA) is 84.7 Å². The van der Waals surface area contributed by atoms with Gasteiger partial charge in [-0.15, -0.1) is 0 Å². The van der Waals surface area contributed by atoms with Crippen molar-refractivity contribution in [2.45, 2.75) is 19.9 Å². The minimum atomic E-state index is -0.323. The fourth-order valence-electron chi connectivity index (χ4n) is 1.68. The van der Waals surface area contributed by atoms with Crippen molar-refractivity contribution in [3.8, 4) is 0 Å². The highest BCUT2D eigenvalue weighted by Gasteiger charge is 2.08. The van der Waals surface area contributed by atoms with Gasteiger partial charge in [-0.2, -0.15) is 0 Å². The quantitative estimate of drug-likeness (QED) is 0.644. The maximum Gasteiger partial charge on any atom is 0.250 e. The molecular weight excluding hydrogens is 300 g/mol. The smallest absolute Gasteiger partial charge is 0.250 e. The molecule has 1 aromatic heterocycles. The maximum atomic E-state index is 11.8. The number of nitrogens with zero attached hydrogens (tertiary/aromatic N) is 4. The van der Waals surface area contributed by atoms with Crippen LogP contribution < -0.4 is 10.6 Å². The van der Waals surface area contributed by atoms with Gasteiger partial charge < -0.3 is 0 Å². The van der Waals surface area contributed by atoms with Crippen LogP contribution in [0.2, 0.25) is 0 Å². The van der Waals surface area contributed by atoms with Crippen molar-refractivity contribution >= 4 is 35.3 Å². The fourth-order valence-corrected chi connectivity index (χ4v) is 1.87. The van der Waals surface area contributed by atoms with Crippen molar-refractivity contribution in [3.63, 3.8) is 0 Å². The van der Waals surface area contributed by atoms with Crippen LogP contribution in [-0.4, -0.2) is 31.2 Å². The van der Waals surface area contributed by atoms with E-state index in [0.29, 0.717) is 12.5 Å². The number of tetrazole rings is 1. The highest BCUT2D eigenvalue weighted by molar-refractivity contribution is 7.80. The second-order valence-corrected chi connectivity index (χ2v) is 4.82. The van der Waals surface area contributed by atoms with Crippen LogP contribution in [0.25, 0.3) is 6.08 Å². The molecule has 0 unspecified atom stereocenters. The van der Waals surface area contributed by atoms with E-state index < -0.39 is 0 Å². The summed E-state index contributed by atoms with van der Waals surface area (Å²) in [7, 11) is 0. The molecule has 0 aliphatic rings. The molecule has 0 bridgehead atoms. The van der Waals surface area contributed by atoms with Crippen LogP contribution in [-0.2, 0) is 11.3 Å². The highest BCUT2D eigenvalue weighted by atomic mass is 32.1. The molecule has 0 spiro atoms. The average Bonchev–Trinajstić information content (AvgIpc) is 2.93. The summed E-state index contributed by atoms with van der Waals surface area (Å²) < 4.78 is 1.58. The molecule has 2 rings (SSSR count). The summed E-state index contributed by atoms with van der Waals surface area (Å²) in [6.45, 7) is 2.68. The second-order valence-electron chi connectivity index (χ2n) is 4.41. The lowest BCUT2D eigenvalue weighted by molar-refractivity contribution is -0.115. The SMILES string of the molecule is CCCn1nnnc1NC(=S)NC(=O)C=Cc1ccccc1. The Labute approximate surface area is 133 Å². The van der Waals surface area contributed by atoms with Gasteiger partial charge in [0.1, 0.15) is 0 Å². The molecular formula is C14H16N6OS. The molecule has 0 aliphatic heterocycles. The summed E-state index contributed by atoms with van der Waals surface area (Å²) in [6.07, 6.45) is 4.01. The number of benzene rings is 1. The molecule has 0 saturated heterocycles. The van der Waals surface area contributed by atoms with Crippen LogP contribution in [0.5, 0.6) is 0 Å². The largest absolute Gasteiger partial charge is 0.300 e. The standard InChI is InChI=1S/C14H16N6OS/c1-2-10-20-13(17-18-19-20)16-14(22)15-12(21)9-8-11-6-4-3-5-7-11/h3-9H,2,10H2,1H3,(H2,15,16,17,19,21,22). The van der Waals surface area contributed by atoms with Crippen LogP contribution in [0, 0.1) is 0 Å². The van der Waals surface area contributed by atoms with Crippen molar-refractivity contribution in [1.82, 2.24) is 25.5 Å². The number of thiocarbonyl (C=S) groups is 1. The first kappa shape index (κ1) is 15.8. The first-order chi connectivity index (χ1) is 10.7. The third kappa shape index (κ3) is 4.74. The molecule has 114 valence electrons. The van der Waals surface area contributed by atoms with E-state index >= 15 is 0 Å². The molecule has 0 fully saturated rings. The predicted molar refractivity (Wildman–Crippen MR) is 87.9 cm³/mol. The second kappa shape index (κ2) is 7.99. The van der Waals surface area contributed by atoms with Crippen LogP contribution in [0.4, 0.5) is 5.95 Å². The lowest BCUT2D eigenvalue weighted by atomic mass is 10.2. The number of anilines is 1. The van der Waals surface area contributed by atoms with E-state index in [-0.39, 0.29) is 11.0 Å². The number of carbonyl (C=O) groups is 1. The Morgan fingerprint density at radius 2 is 2.14 bits per heavy atom. The molecule has 0 atom stereocenters. The molecule has 1 aromatic carbocycles. The highest BCUT2D eigenvalue weighted by Crippen LogP contribution is 2.02. The number of hydrogen-bond donors (Lipinski definition) is 2. The van der Waals surface area contributed by atoms with Crippen LogP contribution in [0.15, 0.2) is 36.4 Å². The molecule has 7 nitrogen and oxygen atoms in total. The zero-order valence-electron chi connectivity index (χ0n) is 12.1. The predicted octanol–water partition coefficient (Wildman–Crippen LogP) is 1.61. The van der Waals surface area contributed by atoms with Crippen molar-refractivity contribution in [3.05, 3.63) is 42.0 Å². The number of rotatable bonds is 5. The minimum Gasteiger partial charge on any atom is -0.300 e. The summed E-state index contributed by atoms with van der Waals surface area (Å²) >= 11 is 5.07.